The van der Waals surface area contributed by atoms with Gasteiger partial charge in [-0.2, -0.15) is 0 Å². The quantitative estimate of drug-likeness (QED) is 0.600. The van der Waals surface area contributed by atoms with Crippen LogP contribution < -0.4 is 11.1 Å². The first kappa shape index (κ1) is 10.7. The zero-order valence-corrected chi connectivity index (χ0v) is 9.01. The molecule has 1 saturated carbocycles. The van der Waals surface area contributed by atoms with Crippen LogP contribution >= 0.6 is 0 Å². The van der Waals surface area contributed by atoms with E-state index in [0.29, 0.717) is 11.7 Å². The number of nitrogens with one attached hydrogen (secondary N) is 1. The number of pyridine rings is 1. The third-order valence-corrected chi connectivity index (χ3v) is 2.81. The van der Waals surface area contributed by atoms with Gasteiger partial charge in [-0.05, 0) is 24.8 Å². The SMILES string of the molecule is CC1CC(Nc2nc(N)ccc2[N+](=O)[O-])C1. The largest absolute Gasteiger partial charge is 0.384 e. The van der Waals surface area contributed by atoms with E-state index in [-0.39, 0.29) is 17.5 Å². The molecule has 0 bridgehead atoms. The molecule has 0 spiro atoms. The monoisotopic (exact) mass is 222 g/mol. The average molecular weight is 222 g/mol. The van der Waals surface area contributed by atoms with E-state index in [9.17, 15) is 10.1 Å². The van der Waals surface area contributed by atoms with E-state index in [2.05, 4.69) is 17.2 Å². The molecule has 1 fully saturated rings. The molecular weight excluding hydrogens is 208 g/mol. The van der Waals surface area contributed by atoms with Crippen molar-refractivity contribution in [3.63, 3.8) is 0 Å². The van der Waals surface area contributed by atoms with Gasteiger partial charge in [0, 0.05) is 12.1 Å². The van der Waals surface area contributed by atoms with Crippen LogP contribution in [-0.4, -0.2) is 15.9 Å². The second kappa shape index (κ2) is 3.96. The summed E-state index contributed by atoms with van der Waals surface area (Å²) in [5.74, 6) is 1.25. The molecule has 0 amide bonds. The van der Waals surface area contributed by atoms with Crippen LogP contribution in [0.2, 0.25) is 0 Å². The van der Waals surface area contributed by atoms with Gasteiger partial charge in [0.2, 0.25) is 5.82 Å². The van der Waals surface area contributed by atoms with Gasteiger partial charge >= 0.3 is 5.69 Å². The zero-order chi connectivity index (χ0) is 11.7. The summed E-state index contributed by atoms with van der Waals surface area (Å²) in [6.45, 7) is 2.15. The number of anilines is 2. The Balaban J connectivity index is 2.17. The molecule has 0 unspecified atom stereocenters. The Kier molecular flexibility index (Phi) is 2.64. The number of nitrogen functional groups attached to an aromatic ring is 1. The molecule has 3 N–H and O–H groups in total. The number of nitrogens with two attached hydrogens (primary N) is 1. The topological polar surface area (TPSA) is 94.1 Å². The van der Waals surface area contributed by atoms with Crippen LogP contribution in [0.1, 0.15) is 19.8 Å². The van der Waals surface area contributed by atoms with Crippen LogP contribution in [0.15, 0.2) is 12.1 Å². The van der Waals surface area contributed by atoms with E-state index in [1.54, 1.807) is 0 Å². The third-order valence-electron chi connectivity index (χ3n) is 2.81. The van der Waals surface area contributed by atoms with Gasteiger partial charge in [-0.25, -0.2) is 4.98 Å². The van der Waals surface area contributed by atoms with Gasteiger partial charge in [-0.15, -0.1) is 0 Å². The fourth-order valence-electron chi connectivity index (χ4n) is 1.93. The molecule has 0 saturated heterocycles. The van der Waals surface area contributed by atoms with Crippen molar-refractivity contribution < 1.29 is 4.92 Å². The molecule has 0 aromatic carbocycles. The van der Waals surface area contributed by atoms with E-state index >= 15 is 0 Å². The Hall–Kier alpha value is -1.85. The minimum atomic E-state index is -0.448. The van der Waals surface area contributed by atoms with Crippen molar-refractivity contribution in [3.8, 4) is 0 Å². The van der Waals surface area contributed by atoms with Gasteiger partial charge in [-0.3, -0.25) is 10.1 Å². The molecule has 1 aliphatic carbocycles. The van der Waals surface area contributed by atoms with Gasteiger partial charge in [0.15, 0.2) is 0 Å². The Morgan fingerprint density at radius 1 is 1.56 bits per heavy atom. The van der Waals surface area contributed by atoms with E-state index < -0.39 is 4.92 Å². The Labute approximate surface area is 93.0 Å². The van der Waals surface area contributed by atoms with Gasteiger partial charge in [0.25, 0.3) is 0 Å². The lowest BCUT2D eigenvalue weighted by Crippen LogP contribution is -2.34. The molecular formula is C10H14N4O2. The van der Waals surface area contributed by atoms with Crippen LogP contribution in [0.4, 0.5) is 17.3 Å². The van der Waals surface area contributed by atoms with Crippen LogP contribution in [-0.2, 0) is 0 Å². The van der Waals surface area contributed by atoms with Crippen molar-refractivity contribution in [3.05, 3.63) is 22.2 Å². The highest BCUT2D eigenvalue weighted by Gasteiger charge is 2.27. The van der Waals surface area contributed by atoms with E-state index in [0.717, 1.165) is 12.8 Å². The van der Waals surface area contributed by atoms with Gasteiger partial charge in [0.1, 0.15) is 5.82 Å². The second-order valence-electron chi connectivity index (χ2n) is 4.28. The molecule has 16 heavy (non-hydrogen) atoms. The number of hydrogen-bond acceptors (Lipinski definition) is 5. The van der Waals surface area contributed by atoms with E-state index in [1.807, 2.05) is 0 Å². The van der Waals surface area contributed by atoms with Gasteiger partial charge < -0.3 is 11.1 Å². The first-order valence-corrected chi connectivity index (χ1v) is 5.23. The van der Waals surface area contributed by atoms with Crippen molar-refractivity contribution in [2.24, 2.45) is 5.92 Å². The number of nitrogens with zero attached hydrogens (tertiary/aromatic N) is 2. The highest BCUT2D eigenvalue weighted by atomic mass is 16.6. The van der Waals surface area contributed by atoms with Crippen molar-refractivity contribution in [2.45, 2.75) is 25.8 Å². The van der Waals surface area contributed by atoms with Crippen LogP contribution in [0.25, 0.3) is 0 Å². The third kappa shape index (κ3) is 2.05. The average Bonchev–Trinajstić information content (AvgIpc) is 2.15. The lowest BCUT2D eigenvalue weighted by atomic mass is 9.82. The Morgan fingerprint density at radius 3 is 2.81 bits per heavy atom. The number of rotatable bonds is 3. The molecule has 1 aromatic heterocycles. The summed E-state index contributed by atoms with van der Waals surface area (Å²) in [4.78, 5) is 14.3. The fourth-order valence-corrected chi connectivity index (χ4v) is 1.93. The molecule has 6 nitrogen and oxygen atoms in total. The first-order valence-electron chi connectivity index (χ1n) is 5.23. The van der Waals surface area contributed by atoms with Crippen molar-refractivity contribution in [1.29, 1.82) is 0 Å². The first-order chi connectivity index (χ1) is 7.56. The van der Waals surface area contributed by atoms with Crippen molar-refractivity contribution >= 4 is 17.3 Å². The maximum Gasteiger partial charge on any atom is 0.311 e. The van der Waals surface area contributed by atoms with Crippen molar-refractivity contribution in [2.75, 3.05) is 11.1 Å². The molecule has 1 aromatic rings. The lowest BCUT2D eigenvalue weighted by molar-refractivity contribution is -0.384. The molecule has 0 aliphatic heterocycles. The molecule has 86 valence electrons. The molecule has 0 radical (unpaired) electrons. The summed E-state index contributed by atoms with van der Waals surface area (Å²) in [5, 5.41) is 13.8. The number of hydrogen-bond donors (Lipinski definition) is 2. The van der Waals surface area contributed by atoms with Gasteiger partial charge in [0.05, 0.1) is 4.92 Å². The fraction of sp³-hybridized carbons (Fsp3) is 0.500. The van der Waals surface area contributed by atoms with Crippen LogP contribution in [0.3, 0.4) is 0 Å². The predicted molar refractivity (Wildman–Crippen MR) is 61.1 cm³/mol. The molecule has 1 aliphatic rings. The van der Waals surface area contributed by atoms with Gasteiger partial charge in [-0.1, -0.05) is 6.92 Å². The molecule has 1 heterocycles. The van der Waals surface area contributed by atoms with Crippen LogP contribution in [0.5, 0.6) is 0 Å². The standard InChI is InChI=1S/C10H14N4O2/c1-6-4-7(5-6)12-10-8(14(15)16)2-3-9(11)13-10/h2-3,6-7H,4-5H2,1H3,(H3,11,12,13). The Bertz CT molecular complexity index is 415. The Morgan fingerprint density at radius 2 is 2.25 bits per heavy atom. The summed E-state index contributed by atoms with van der Waals surface area (Å²) in [6.07, 6.45) is 2.04. The second-order valence-corrected chi connectivity index (χ2v) is 4.28. The van der Waals surface area contributed by atoms with E-state index in [1.165, 1.54) is 12.1 Å². The predicted octanol–water partition coefficient (Wildman–Crippen LogP) is 1.78. The van der Waals surface area contributed by atoms with E-state index in [4.69, 9.17) is 5.73 Å². The maximum absolute atomic E-state index is 10.8. The normalized spacial score (nSPS) is 23.6. The molecule has 0 atom stereocenters. The lowest BCUT2D eigenvalue weighted by Gasteiger charge is -2.33. The molecule has 6 heteroatoms. The maximum atomic E-state index is 10.8. The minimum Gasteiger partial charge on any atom is -0.384 e. The molecule has 2 rings (SSSR count). The summed E-state index contributed by atoms with van der Waals surface area (Å²) in [5.41, 5.74) is 5.50. The number of nitro groups is 1. The summed E-state index contributed by atoms with van der Waals surface area (Å²) in [6, 6.07) is 3.10. The number of aromatic nitrogens is 1. The van der Waals surface area contributed by atoms with Crippen LogP contribution in [0, 0.1) is 16.0 Å². The summed E-state index contributed by atoms with van der Waals surface area (Å²) >= 11 is 0. The summed E-state index contributed by atoms with van der Waals surface area (Å²) < 4.78 is 0. The zero-order valence-electron chi connectivity index (χ0n) is 9.01. The minimum absolute atomic E-state index is 0.0197. The highest BCUT2D eigenvalue weighted by Crippen LogP contribution is 2.32. The summed E-state index contributed by atoms with van der Waals surface area (Å²) in [7, 11) is 0. The highest BCUT2D eigenvalue weighted by molar-refractivity contribution is 5.59. The smallest absolute Gasteiger partial charge is 0.311 e. The van der Waals surface area contributed by atoms with Crippen molar-refractivity contribution in [1.82, 2.24) is 4.98 Å².